The summed E-state index contributed by atoms with van der Waals surface area (Å²) in [6.07, 6.45) is 5.21. The van der Waals surface area contributed by atoms with Gasteiger partial charge in [-0.05, 0) is 54.6 Å². The lowest BCUT2D eigenvalue weighted by Gasteiger charge is -2.10. The van der Waals surface area contributed by atoms with Gasteiger partial charge in [-0.3, -0.25) is 9.52 Å². The Balaban J connectivity index is 1.47. The van der Waals surface area contributed by atoms with Gasteiger partial charge in [0.25, 0.3) is 15.9 Å². The first-order chi connectivity index (χ1) is 14.5. The summed E-state index contributed by atoms with van der Waals surface area (Å²) in [4.78, 5) is 16.8. The molecule has 0 aliphatic heterocycles. The molecule has 1 amide bonds. The summed E-state index contributed by atoms with van der Waals surface area (Å²) in [5.74, 6) is -0.342. The van der Waals surface area contributed by atoms with Crippen LogP contribution in [-0.4, -0.2) is 23.9 Å². The van der Waals surface area contributed by atoms with Crippen molar-refractivity contribution in [3.8, 4) is 5.69 Å². The van der Waals surface area contributed by atoms with E-state index in [1.54, 1.807) is 61.1 Å². The standard InChI is InChI=1S/C22H18N4O3S/c27-22(24-18-9-11-20(12-10-18)26-14-13-23-16-26)17-5-4-6-19(15-17)25-30(28,29)21-7-2-1-3-8-21/h1-16,25H,(H,24,27). The Bertz CT molecular complexity index is 1250. The summed E-state index contributed by atoms with van der Waals surface area (Å²) >= 11 is 0. The van der Waals surface area contributed by atoms with E-state index in [1.165, 1.54) is 18.2 Å². The number of hydrogen-bond acceptors (Lipinski definition) is 4. The predicted octanol–water partition coefficient (Wildman–Crippen LogP) is 3.93. The van der Waals surface area contributed by atoms with E-state index in [4.69, 9.17) is 0 Å². The van der Waals surface area contributed by atoms with Crippen LogP contribution in [0.15, 0.2) is 102 Å². The average Bonchev–Trinajstić information content (AvgIpc) is 3.30. The fraction of sp³-hybridized carbons (Fsp3) is 0. The van der Waals surface area contributed by atoms with E-state index in [2.05, 4.69) is 15.0 Å². The predicted molar refractivity (Wildman–Crippen MR) is 115 cm³/mol. The van der Waals surface area contributed by atoms with Gasteiger partial charge >= 0.3 is 0 Å². The molecule has 1 heterocycles. The molecule has 0 saturated heterocycles. The molecule has 2 N–H and O–H groups in total. The monoisotopic (exact) mass is 418 g/mol. The Labute approximate surface area is 174 Å². The van der Waals surface area contributed by atoms with Gasteiger partial charge in [0.05, 0.1) is 11.2 Å². The number of amides is 1. The van der Waals surface area contributed by atoms with E-state index in [0.717, 1.165) is 5.69 Å². The van der Waals surface area contributed by atoms with Crippen molar-refractivity contribution < 1.29 is 13.2 Å². The molecule has 150 valence electrons. The van der Waals surface area contributed by atoms with Gasteiger partial charge in [-0.2, -0.15) is 0 Å². The second kappa shape index (κ2) is 8.22. The van der Waals surface area contributed by atoms with Crippen molar-refractivity contribution >= 4 is 27.3 Å². The van der Waals surface area contributed by atoms with E-state index in [9.17, 15) is 13.2 Å². The van der Waals surface area contributed by atoms with Gasteiger partial charge in [-0.1, -0.05) is 24.3 Å². The minimum atomic E-state index is -3.73. The molecule has 8 heteroatoms. The van der Waals surface area contributed by atoms with E-state index >= 15 is 0 Å². The highest BCUT2D eigenvalue weighted by molar-refractivity contribution is 7.92. The lowest BCUT2D eigenvalue weighted by molar-refractivity contribution is 0.102. The van der Waals surface area contributed by atoms with E-state index in [1.807, 2.05) is 22.9 Å². The molecule has 3 aromatic carbocycles. The molecule has 1 aromatic heterocycles. The Kier molecular flexibility index (Phi) is 5.32. The summed E-state index contributed by atoms with van der Waals surface area (Å²) in [7, 11) is -3.73. The van der Waals surface area contributed by atoms with Crippen LogP contribution >= 0.6 is 0 Å². The molecule has 0 aliphatic rings. The van der Waals surface area contributed by atoms with Gasteiger partial charge in [-0.25, -0.2) is 13.4 Å². The first-order valence-electron chi connectivity index (χ1n) is 9.09. The quantitative estimate of drug-likeness (QED) is 0.496. The number of carbonyl (C=O) groups excluding carboxylic acids is 1. The maximum atomic E-state index is 12.6. The molecular weight excluding hydrogens is 400 g/mol. The SMILES string of the molecule is O=C(Nc1ccc(-n2ccnc2)cc1)c1cccc(NS(=O)(=O)c2ccccc2)c1. The fourth-order valence-electron chi connectivity index (χ4n) is 2.87. The molecule has 0 fully saturated rings. The number of hydrogen-bond donors (Lipinski definition) is 2. The van der Waals surface area contributed by atoms with Crippen LogP contribution in [-0.2, 0) is 10.0 Å². The second-order valence-corrected chi connectivity index (χ2v) is 8.15. The van der Waals surface area contributed by atoms with E-state index < -0.39 is 10.0 Å². The number of benzene rings is 3. The third kappa shape index (κ3) is 4.39. The molecule has 0 bridgehead atoms. The maximum absolute atomic E-state index is 12.6. The van der Waals surface area contributed by atoms with Crippen LogP contribution in [0.1, 0.15) is 10.4 Å². The molecule has 7 nitrogen and oxygen atoms in total. The number of nitrogens with zero attached hydrogens (tertiary/aromatic N) is 2. The molecule has 4 aromatic rings. The van der Waals surface area contributed by atoms with Crippen molar-refractivity contribution in [2.45, 2.75) is 4.90 Å². The highest BCUT2D eigenvalue weighted by Gasteiger charge is 2.14. The van der Waals surface area contributed by atoms with Crippen LogP contribution in [0.25, 0.3) is 5.69 Å². The highest BCUT2D eigenvalue weighted by Crippen LogP contribution is 2.19. The Morgan fingerprint density at radius 3 is 2.33 bits per heavy atom. The minimum Gasteiger partial charge on any atom is -0.322 e. The number of anilines is 2. The number of carbonyl (C=O) groups is 1. The summed E-state index contributed by atoms with van der Waals surface area (Å²) in [6, 6.07) is 21.7. The van der Waals surface area contributed by atoms with Gasteiger partial charge in [0, 0.05) is 35.0 Å². The number of sulfonamides is 1. The van der Waals surface area contributed by atoms with Crippen molar-refractivity contribution in [1.82, 2.24) is 9.55 Å². The number of imidazole rings is 1. The molecule has 0 unspecified atom stereocenters. The third-order valence-electron chi connectivity index (χ3n) is 4.36. The summed E-state index contributed by atoms with van der Waals surface area (Å²) in [5.41, 5.74) is 2.19. The molecule has 0 atom stereocenters. The van der Waals surface area contributed by atoms with Crippen molar-refractivity contribution in [2.75, 3.05) is 10.0 Å². The third-order valence-corrected chi connectivity index (χ3v) is 5.76. The lowest BCUT2D eigenvalue weighted by atomic mass is 10.2. The van der Waals surface area contributed by atoms with Crippen LogP contribution in [0.3, 0.4) is 0 Å². The van der Waals surface area contributed by atoms with Crippen LogP contribution in [0, 0.1) is 0 Å². The van der Waals surface area contributed by atoms with E-state index in [-0.39, 0.29) is 10.8 Å². The zero-order chi connectivity index (χ0) is 21.0. The van der Waals surface area contributed by atoms with Crippen LogP contribution in [0.5, 0.6) is 0 Å². The number of nitrogens with one attached hydrogen (secondary N) is 2. The second-order valence-electron chi connectivity index (χ2n) is 6.47. The molecule has 0 radical (unpaired) electrons. The van der Waals surface area contributed by atoms with Crippen molar-refractivity contribution in [3.63, 3.8) is 0 Å². The van der Waals surface area contributed by atoms with Crippen molar-refractivity contribution in [3.05, 3.63) is 103 Å². The van der Waals surface area contributed by atoms with Crippen molar-refractivity contribution in [1.29, 1.82) is 0 Å². The zero-order valence-corrected chi connectivity index (χ0v) is 16.6. The molecule has 0 spiro atoms. The molecular formula is C22H18N4O3S. The van der Waals surface area contributed by atoms with Crippen molar-refractivity contribution in [2.24, 2.45) is 0 Å². The first-order valence-corrected chi connectivity index (χ1v) is 10.6. The summed E-state index contributed by atoms with van der Waals surface area (Å²) < 4.78 is 29.3. The van der Waals surface area contributed by atoms with Crippen LogP contribution in [0.2, 0.25) is 0 Å². The minimum absolute atomic E-state index is 0.151. The molecule has 0 aliphatic carbocycles. The van der Waals surface area contributed by atoms with Gasteiger partial charge in [-0.15, -0.1) is 0 Å². The maximum Gasteiger partial charge on any atom is 0.261 e. The Morgan fingerprint density at radius 2 is 1.63 bits per heavy atom. The van der Waals surface area contributed by atoms with Gasteiger partial charge < -0.3 is 9.88 Å². The van der Waals surface area contributed by atoms with Gasteiger partial charge in [0.15, 0.2) is 0 Å². The fourth-order valence-corrected chi connectivity index (χ4v) is 3.94. The van der Waals surface area contributed by atoms with Gasteiger partial charge in [0.2, 0.25) is 0 Å². The molecule has 0 saturated carbocycles. The largest absolute Gasteiger partial charge is 0.322 e. The lowest BCUT2D eigenvalue weighted by Crippen LogP contribution is -2.15. The first kappa shape index (κ1) is 19.4. The smallest absolute Gasteiger partial charge is 0.261 e. The summed E-state index contributed by atoms with van der Waals surface area (Å²) in [6.45, 7) is 0. The van der Waals surface area contributed by atoms with Gasteiger partial charge in [0.1, 0.15) is 0 Å². The molecule has 4 rings (SSSR count). The highest BCUT2D eigenvalue weighted by atomic mass is 32.2. The normalized spacial score (nSPS) is 11.1. The molecule has 30 heavy (non-hydrogen) atoms. The Morgan fingerprint density at radius 1 is 0.867 bits per heavy atom. The van der Waals surface area contributed by atoms with Crippen LogP contribution < -0.4 is 10.0 Å². The van der Waals surface area contributed by atoms with Crippen LogP contribution in [0.4, 0.5) is 11.4 Å². The zero-order valence-electron chi connectivity index (χ0n) is 15.8. The summed E-state index contributed by atoms with van der Waals surface area (Å²) in [5, 5.41) is 2.81. The Hall–Kier alpha value is -3.91. The van der Waals surface area contributed by atoms with E-state index in [0.29, 0.717) is 16.9 Å². The average molecular weight is 418 g/mol. The number of rotatable bonds is 6. The topological polar surface area (TPSA) is 93.1 Å². The number of aromatic nitrogens is 2.